The summed E-state index contributed by atoms with van der Waals surface area (Å²) in [5.41, 5.74) is 3.38. The molecule has 0 aromatic heterocycles. The Morgan fingerprint density at radius 1 is 1.05 bits per heavy atom. The van der Waals surface area contributed by atoms with Gasteiger partial charge >= 0.3 is 0 Å². The van der Waals surface area contributed by atoms with Crippen LogP contribution in [0.15, 0.2) is 41.3 Å². The Kier molecular flexibility index (Phi) is 4.73. The second-order valence-electron chi connectivity index (χ2n) is 5.02. The Labute approximate surface area is 130 Å². The molecule has 2 N–H and O–H groups in total. The molecule has 0 aliphatic carbocycles. The number of hydrogen-bond donors (Lipinski definition) is 1. The van der Waals surface area contributed by atoms with E-state index in [4.69, 9.17) is 14.6 Å². The van der Waals surface area contributed by atoms with Crippen molar-refractivity contribution in [3.05, 3.63) is 53.1 Å². The highest BCUT2D eigenvalue weighted by Gasteiger charge is 2.13. The Morgan fingerprint density at radius 3 is 2.23 bits per heavy atom. The van der Waals surface area contributed by atoms with Crippen LogP contribution in [0.1, 0.15) is 16.7 Å². The highest BCUT2D eigenvalue weighted by Crippen LogP contribution is 2.30. The number of nitrogens with two attached hydrogens (primary N) is 1. The van der Waals surface area contributed by atoms with E-state index in [0.29, 0.717) is 18.1 Å². The molecular formula is C16H19NO4S. The molecule has 0 amide bonds. The van der Waals surface area contributed by atoms with E-state index in [-0.39, 0.29) is 4.90 Å². The molecule has 0 spiro atoms. The molecule has 0 aliphatic rings. The number of ether oxygens (including phenoxy) is 2. The van der Waals surface area contributed by atoms with Gasteiger partial charge in [0.2, 0.25) is 10.0 Å². The van der Waals surface area contributed by atoms with Gasteiger partial charge in [-0.15, -0.1) is 0 Å². The number of primary sulfonamides is 1. The molecule has 118 valence electrons. The molecule has 2 aromatic rings. The maximum atomic E-state index is 11.4. The number of sulfonamides is 1. The summed E-state index contributed by atoms with van der Waals surface area (Å²) in [6, 6.07) is 10.3. The van der Waals surface area contributed by atoms with Gasteiger partial charge in [0, 0.05) is 6.07 Å². The summed E-state index contributed by atoms with van der Waals surface area (Å²) in [5, 5.41) is 5.11. The lowest BCUT2D eigenvalue weighted by Gasteiger charge is -2.14. The molecule has 0 atom stereocenters. The predicted octanol–water partition coefficient (Wildman–Crippen LogP) is 2.54. The zero-order valence-corrected chi connectivity index (χ0v) is 13.6. The molecular weight excluding hydrogens is 302 g/mol. The summed E-state index contributed by atoms with van der Waals surface area (Å²) in [5.74, 6) is 0.801. The summed E-state index contributed by atoms with van der Waals surface area (Å²) in [6.07, 6.45) is 0. The fraction of sp³-hybridized carbons (Fsp3) is 0.250. The maximum Gasteiger partial charge on any atom is 0.238 e. The average molecular weight is 321 g/mol. The minimum absolute atomic E-state index is 0.0104. The van der Waals surface area contributed by atoms with Crippen LogP contribution in [0.2, 0.25) is 0 Å². The number of hydrogen-bond acceptors (Lipinski definition) is 4. The third-order valence-corrected chi connectivity index (χ3v) is 4.39. The molecule has 22 heavy (non-hydrogen) atoms. The van der Waals surface area contributed by atoms with Gasteiger partial charge in [-0.05, 0) is 42.7 Å². The van der Waals surface area contributed by atoms with Crippen LogP contribution in [0, 0.1) is 13.8 Å². The van der Waals surface area contributed by atoms with Gasteiger partial charge in [0.15, 0.2) is 11.5 Å². The zero-order valence-electron chi connectivity index (χ0n) is 12.8. The van der Waals surface area contributed by atoms with Crippen molar-refractivity contribution in [1.29, 1.82) is 0 Å². The fourth-order valence-electron chi connectivity index (χ4n) is 2.17. The van der Waals surface area contributed by atoms with E-state index in [9.17, 15) is 8.42 Å². The number of methoxy groups -OCH3 is 1. The van der Waals surface area contributed by atoms with Crippen molar-refractivity contribution in [2.24, 2.45) is 5.14 Å². The zero-order chi connectivity index (χ0) is 16.3. The van der Waals surface area contributed by atoms with Crippen molar-refractivity contribution in [3.63, 3.8) is 0 Å². The van der Waals surface area contributed by atoms with Gasteiger partial charge in [-0.1, -0.05) is 18.2 Å². The van der Waals surface area contributed by atoms with Crippen molar-refractivity contribution in [1.82, 2.24) is 0 Å². The first-order valence-electron chi connectivity index (χ1n) is 6.71. The molecule has 2 aromatic carbocycles. The molecule has 0 radical (unpaired) electrons. The lowest BCUT2D eigenvalue weighted by atomic mass is 10.0. The van der Waals surface area contributed by atoms with Crippen molar-refractivity contribution < 1.29 is 17.9 Å². The summed E-state index contributed by atoms with van der Waals surface area (Å²) in [4.78, 5) is -0.0104. The van der Waals surface area contributed by atoms with Gasteiger partial charge < -0.3 is 9.47 Å². The quantitative estimate of drug-likeness (QED) is 0.918. The largest absolute Gasteiger partial charge is 0.493 e. The third kappa shape index (κ3) is 3.58. The predicted molar refractivity (Wildman–Crippen MR) is 84.6 cm³/mol. The van der Waals surface area contributed by atoms with Crippen molar-refractivity contribution in [2.75, 3.05) is 7.11 Å². The first-order valence-corrected chi connectivity index (χ1v) is 8.26. The van der Waals surface area contributed by atoms with Crippen molar-refractivity contribution >= 4 is 10.0 Å². The Bertz CT molecular complexity index is 764. The van der Waals surface area contributed by atoms with Gasteiger partial charge in [-0.2, -0.15) is 0 Å². The number of benzene rings is 2. The second kappa shape index (κ2) is 6.37. The van der Waals surface area contributed by atoms with E-state index in [2.05, 4.69) is 0 Å². The minimum atomic E-state index is -3.77. The van der Waals surface area contributed by atoms with E-state index >= 15 is 0 Å². The fourth-order valence-corrected chi connectivity index (χ4v) is 2.70. The van der Waals surface area contributed by atoms with Gasteiger partial charge in [-0.25, -0.2) is 13.6 Å². The van der Waals surface area contributed by atoms with E-state index in [1.807, 2.05) is 32.0 Å². The first kappa shape index (κ1) is 16.3. The lowest BCUT2D eigenvalue weighted by Crippen LogP contribution is -2.12. The smallest absolute Gasteiger partial charge is 0.238 e. The van der Waals surface area contributed by atoms with Gasteiger partial charge in [0.25, 0.3) is 0 Å². The van der Waals surface area contributed by atoms with E-state index < -0.39 is 10.0 Å². The van der Waals surface area contributed by atoms with Crippen LogP contribution < -0.4 is 14.6 Å². The minimum Gasteiger partial charge on any atom is -0.493 e. The Morgan fingerprint density at radius 2 is 1.68 bits per heavy atom. The molecule has 0 unspecified atom stereocenters. The molecule has 0 saturated heterocycles. The monoisotopic (exact) mass is 321 g/mol. The average Bonchev–Trinajstić information content (AvgIpc) is 2.45. The van der Waals surface area contributed by atoms with Crippen LogP contribution in [0.3, 0.4) is 0 Å². The third-order valence-electron chi connectivity index (χ3n) is 3.48. The highest BCUT2D eigenvalue weighted by atomic mass is 32.2. The highest BCUT2D eigenvalue weighted by molar-refractivity contribution is 7.89. The summed E-state index contributed by atoms with van der Waals surface area (Å²) >= 11 is 0. The van der Waals surface area contributed by atoms with Crippen LogP contribution in [-0.2, 0) is 16.6 Å². The molecule has 0 aliphatic heterocycles. The normalized spacial score (nSPS) is 11.3. The van der Waals surface area contributed by atoms with Gasteiger partial charge in [0.1, 0.15) is 6.61 Å². The maximum absolute atomic E-state index is 11.4. The Hall–Kier alpha value is -2.05. The molecule has 0 saturated carbocycles. The molecule has 2 rings (SSSR count). The van der Waals surface area contributed by atoms with Crippen LogP contribution in [0.4, 0.5) is 0 Å². The van der Waals surface area contributed by atoms with Gasteiger partial charge in [0.05, 0.1) is 12.0 Å². The van der Waals surface area contributed by atoms with E-state index in [0.717, 1.165) is 16.7 Å². The van der Waals surface area contributed by atoms with E-state index in [1.54, 1.807) is 6.07 Å². The number of aryl methyl sites for hydroxylation is 2. The topological polar surface area (TPSA) is 78.6 Å². The SMILES string of the molecule is COc1cc(S(N)(=O)=O)ccc1OCc1c(C)cccc1C. The first-order chi connectivity index (χ1) is 10.3. The Balaban J connectivity index is 2.27. The van der Waals surface area contributed by atoms with Crippen molar-refractivity contribution in [2.45, 2.75) is 25.3 Å². The van der Waals surface area contributed by atoms with Crippen molar-refractivity contribution in [3.8, 4) is 11.5 Å². The van der Waals surface area contributed by atoms with Crippen LogP contribution in [0.25, 0.3) is 0 Å². The van der Waals surface area contributed by atoms with Crippen LogP contribution in [0.5, 0.6) is 11.5 Å². The standard InChI is InChI=1S/C16H19NO4S/c1-11-5-4-6-12(2)14(11)10-21-15-8-7-13(22(17,18)19)9-16(15)20-3/h4-9H,10H2,1-3H3,(H2,17,18,19). The second-order valence-corrected chi connectivity index (χ2v) is 6.58. The lowest BCUT2D eigenvalue weighted by molar-refractivity contribution is 0.283. The molecule has 6 heteroatoms. The summed E-state index contributed by atoms with van der Waals surface area (Å²) in [6.45, 7) is 4.42. The molecule has 5 nitrogen and oxygen atoms in total. The summed E-state index contributed by atoms with van der Waals surface area (Å²) < 4.78 is 33.7. The molecule has 0 fully saturated rings. The van der Waals surface area contributed by atoms with Crippen LogP contribution in [-0.4, -0.2) is 15.5 Å². The summed E-state index contributed by atoms with van der Waals surface area (Å²) in [7, 11) is -2.32. The van der Waals surface area contributed by atoms with E-state index in [1.165, 1.54) is 19.2 Å². The molecule has 0 heterocycles. The number of rotatable bonds is 5. The molecule has 0 bridgehead atoms. The van der Waals surface area contributed by atoms with Crippen LogP contribution >= 0.6 is 0 Å². The van der Waals surface area contributed by atoms with Gasteiger partial charge in [-0.3, -0.25) is 0 Å².